The van der Waals surface area contributed by atoms with Crippen LogP contribution in [-0.2, 0) is 9.59 Å². The van der Waals surface area contributed by atoms with Crippen molar-refractivity contribution in [2.24, 2.45) is 0 Å². The number of hydrogen-bond donors (Lipinski definition) is 3. The minimum absolute atomic E-state index is 0.0284. The Labute approximate surface area is 135 Å². The van der Waals surface area contributed by atoms with Gasteiger partial charge in [-0.05, 0) is 12.5 Å². The lowest BCUT2D eigenvalue weighted by Gasteiger charge is -2.27. The number of hydrogen-bond acceptors (Lipinski definition) is 6. The Hall–Kier alpha value is -3.30. The maximum atomic E-state index is 12.7. The fraction of sp³-hybridized carbons (Fsp3) is 0.286. The molecular formula is C14H13N5O5. The van der Waals surface area contributed by atoms with Gasteiger partial charge in [-0.1, -0.05) is 0 Å². The molecular weight excluding hydrogens is 318 g/mol. The summed E-state index contributed by atoms with van der Waals surface area (Å²) >= 11 is 0. The second kappa shape index (κ2) is 5.72. The van der Waals surface area contributed by atoms with Gasteiger partial charge in [-0.2, -0.15) is 0 Å². The van der Waals surface area contributed by atoms with Crippen LogP contribution in [0, 0.1) is 0 Å². The lowest BCUT2D eigenvalue weighted by molar-refractivity contribution is -0.136. The second-order valence-electron chi connectivity index (χ2n) is 5.23. The van der Waals surface area contributed by atoms with Crippen molar-refractivity contribution in [3.05, 3.63) is 23.5 Å². The number of rotatable bonds is 2. The number of carbonyl (C=O) groups is 5. The molecule has 0 aliphatic carbocycles. The van der Waals surface area contributed by atoms with Crippen molar-refractivity contribution >= 4 is 35.3 Å². The third kappa shape index (κ3) is 2.37. The molecule has 1 saturated heterocycles. The number of aromatic nitrogens is 1. The number of fused-ring (bicyclic) bond motifs is 1. The van der Waals surface area contributed by atoms with Crippen LogP contribution in [0.25, 0.3) is 0 Å². The monoisotopic (exact) mass is 331 g/mol. The molecule has 0 aromatic carbocycles. The maximum absolute atomic E-state index is 12.7. The van der Waals surface area contributed by atoms with Gasteiger partial charge in [-0.25, -0.2) is 4.79 Å². The SMILES string of the molecule is CNC(=O)Nc1ccnc2c1C(=O)N(C1CCC(=O)NC1=O)C2=O. The molecule has 1 fully saturated rings. The molecule has 1 atom stereocenters. The van der Waals surface area contributed by atoms with Gasteiger partial charge in [0.05, 0.1) is 11.3 Å². The molecule has 124 valence electrons. The van der Waals surface area contributed by atoms with E-state index in [0.29, 0.717) is 0 Å². The summed E-state index contributed by atoms with van der Waals surface area (Å²) in [5, 5.41) is 6.88. The van der Waals surface area contributed by atoms with Crippen molar-refractivity contribution in [2.75, 3.05) is 12.4 Å². The quantitative estimate of drug-likeness (QED) is 0.609. The Balaban J connectivity index is 1.97. The fourth-order valence-corrected chi connectivity index (χ4v) is 2.67. The predicted molar refractivity (Wildman–Crippen MR) is 79.0 cm³/mol. The normalized spacial score (nSPS) is 19.9. The number of nitrogens with zero attached hydrogens (tertiary/aromatic N) is 2. The topological polar surface area (TPSA) is 138 Å². The van der Waals surface area contributed by atoms with Gasteiger partial charge in [-0.15, -0.1) is 0 Å². The Morgan fingerprint density at radius 2 is 2.04 bits per heavy atom. The van der Waals surface area contributed by atoms with E-state index in [4.69, 9.17) is 0 Å². The van der Waals surface area contributed by atoms with Crippen LogP contribution in [0.4, 0.5) is 10.5 Å². The summed E-state index contributed by atoms with van der Waals surface area (Å²) in [4.78, 5) is 64.5. The van der Waals surface area contributed by atoms with Crippen molar-refractivity contribution in [2.45, 2.75) is 18.9 Å². The van der Waals surface area contributed by atoms with Crippen LogP contribution in [0.1, 0.15) is 33.7 Å². The van der Waals surface area contributed by atoms with Crippen molar-refractivity contribution in [1.82, 2.24) is 20.5 Å². The molecule has 24 heavy (non-hydrogen) atoms. The Morgan fingerprint density at radius 1 is 1.29 bits per heavy atom. The minimum Gasteiger partial charge on any atom is -0.341 e. The zero-order chi connectivity index (χ0) is 17.4. The summed E-state index contributed by atoms with van der Waals surface area (Å²) in [5.41, 5.74) is -0.0955. The van der Waals surface area contributed by atoms with E-state index in [1.165, 1.54) is 19.3 Å². The molecule has 0 spiro atoms. The van der Waals surface area contributed by atoms with Gasteiger partial charge in [0.15, 0.2) is 0 Å². The maximum Gasteiger partial charge on any atom is 0.318 e. The van der Waals surface area contributed by atoms with Gasteiger partial charge < -0.3 is 10.6 Å². The number of urea groups is 1. The first kappa shape index (κ1) is 15.6. The van der Waals surface area contributed by atoms with E-state index in [9.17, 15) is 24.0 Å². The summed E-state index contributed by atoms with van der Waals surface area (Å²) in [5.74, 6) is -2.62. The van der Waals surface area contributed by atoms with Gasteiger partial charge in [0.25, 0.3) is 11.8 Å². The van der Waals surface area contributed by atoms with Crippen LogP contribution in [0.2, 0.25) is 0 Å². The Bertz CT molecular complexity index is 790. The van der Waals surface area contributed by atoms with E-state index in [-0.39, 0.29) is 29.8 Å². The number of carbonyl (C=O) groups excluding carboxylic acids is 5. The van der Waals surface area contributed by atoms with E-state index in [1.807, 2.05) is 0 Å². The van der Waals surface area contributed by atoms with E-state index in [0.717, 1.165) is 4.90 Å². The summed E-state index contributed by atoms with van der Waals surface area (Å²) in [6.45, 7) is 0. The highest BCUT2D eigenvalue weighted by Crippen LogP contribution is 2.30. The van der Waals surface area contributed by atoms with Crippen molar-refractivity contribution in [3.63, 3.8) is 0 Å². The highest BCUT2D eigenvalue weighted by molar-refractivity contribution is 6.25. The predicted octanol–water partition coefficient (Wildman–Crippen LogP) is -0.766. The van der Waals surface area contributed by atoms with Crippen molar-refractivity contribution in [3.8, 4) is 0 Å². The van der Waals surface area contributed by atoms with Crippen molar-refractivity contribution < 1.29 is 24.0 Å². The van der Waals surface area contributed by atoms with E-state index >= 15 is 0 Å². The lowest BCUT2D eigenvalue weighted by atomic mass is 10.0. The largest absolute Gasteiger partial charge is 0.341 e. The van der Waals surface area contributed by atoms with Crippen molar-refractivity contribution in [1.29, 1.82) is 0 Å². The van der Waals surface area contributed by atoms with E-state index in [1.54, 1.807) is 0 Å². The first-order valence-corrected chi connectivity index (χ1v) is 7.13. The van der Waals surface area contributed by atoms with Crippen LogP contribution < -0.4 is 16.0 Å². The number of pyridine rings is 1. The number of piperidine rings is 1. The van der Waals surface area contributed by atoms with Gasteiger partial charge in [0.1, 0.15) is 11.7 Å². The van der Waals surface area contributed by atoms with Gasteiger partial charge in [0, 0.05) is 19.7 Å². The molecule has 2 aliphatic rings. The molecule has 1 aromatic rings. The third-order valence-corrected chi connectivity index (χ3v) is 3.80. The van der Waals surface area contributed by atoms with Gasteiger partial charge >= 0.3 is 6.03 Å². The first-order chi connectivity index (χ1) is 11.4. The fourth-order valence-electron chi connectivity index (χ4n) is 2.67. The van der Waals surface area contributed by atoms with E-state index in [2.05, 4.69) is 20.9 Å². The summed E-state index contributed by atoms with van der Waals surface area (Å²) in [7, 11) is 1.40. The Kier molecular flexibility index (Phi) is 3.72. The summed E-state index contributed by atoms with van der Waals surface area (Å²) < 4.78 is 0. The molecule has 6 amide bonds. The molecule has 10 nitrogen and oxygen atoms in total. The smallest absolute Gasteiger partial charge is 0.318 e. The molecule has 3 rings (SSSR count). The Morgan fingerprint density at radius 3 is 2.71 bits per heavy atom. The van der Waals surface area contributed by atoms with Gasteiger partial charge in [-0.3, -0.25) is 34.4 Å². The molecule has 1 aromatic heterocycles. The molecule has 0 radical (unpaired) electrons. The molecule has 1 unspecified atom stereocenters. The third-order valence-electron chi connectivity index (χ3n) is 3.80. The first-order valence-electron chi connectivity index (χ1n) is 7.13. The molecule has 10 heteroatoms. The zero-order valence-electron chi connectivity index (χ0n) is 12.6. The molecule has 0 bridgehead atoms. The summed E-state index contributed by atoms with van der Waals surface area (Å²) in [6.07, 6.45) is 1.36. The number of nitrogens with one attached hydrogen (secondary N) is 3. The van der Waals surface area contributed by atoms with Crippen LogP contribution in [-0.4, -0.2) is 52.6 Å². The minimum atomic E-state index is -1.08. The average Bonchev–Trinajstić information content (AvgIpc) is 2.80. The molecule has 3 heterocycles. The van der Waals surface area contributed by atoms with Crippen LogP contribution >= 0.6 is 0 Å². The molecule has 3 N–H and O–H groups in total. The number of amides is 6. The van der Waals surface area contributed by atoms with Crippen LogP contribution in [0.3, 0.4) is 0 Å². The zero-order valence-corrected chi connectivity index (χ0v) is 12.6. The van der Waals surface area contributed by atoms with Crippen LogP contribution in [0.15, 0.2) is 12.3 Å². The van der Waals surface area contributed by atoms with Gasteiger partial charge in [0.2, 0.25) is 11.8 Å². The average molecular weight is 331 g/mol. The molecule has 2 aliphatic heterocycles. The second-order valence-corrected chi connectivity index (χ2v) is 5.23. The number of imide groups is 2. The molecule has 0 saturated carbocycles. The van der Waals surface area contributed by atoms with Crippen LogP contribution in [0.5, 0.6) is 0 Å². The lowest BCUT2D eigenvalue weighted by Crippen LogP contribution is -2.54. The highest BCUT2D eigenvalue weighted by Gasteiger charge is 2.46. The highest BCUT2D eigenvalue weighted by atomic mass is 16.2. The standard InChI is InChI=1S/C14H13N5O5/c1-15-14(24)17-6-4-5-16-10-9(6)12(22)19(13(10)23)7-2-3-8(20)18-11(7)21/h4-5,7H,2-3H2,1H3,(H,18,20,21)(H2,15,16,17,24). The van der Waals surface area contributed by atoms with E-state index < -0.39 is 35.7 Å². The summed E-state index contributed by atoms with van der Waals surface area (Å²) in [6, 6.07) is -0.263. The number of anilines is 1.